The van der Waals surface area contributed by atoms with E-state index in [-0.39, 0.29) is 5.75 Å². The number of aromatic nitrogens is 3. The van der Waals surface area contributed by atoms with E-state index in [1.54, 1.807) is 55.8 Å². The van der Waals surface area contributed by atoms with Crippen molar-refractivity contribution in [1.82, 2.24) is 15.0 Å². The van der Waals surface area contributed by atoms with Crippen LogP contribution in [0.3, 0.4) is 0 Å². The first kappa shape index (κ1) is 23.4. The molecule has 35 heavy (non-hydrogen) atoms. The lowest BCUT2D eigenvalue weighted by molar-refractivity contribution is 0.262. The maximum absolute atomic E-state index is 13.9. The topological polar surface area (TPSA) is 110 Å². The largest absolute Gasteiger partial charge is 0.494 e. The molecular weight excluding hydrogens is 451 g/mol. The van der Waals surface area contributed by atoms with Crippen molar-refractivity contribution in [1.29, 1.82) is 0 Å². The number of nitrogens with zero attached hydrogens (tertiary/aromatic N) is 3. The third kappa shape index (κ3) is 5.61. The van der Waals surface area contributed by atoms with Crippen LogP contribution >= 0.6 is 0 Å². The highest BCUT2D eigenvalue weighted by Crippen LogP contribution is 2.32. The number of carbonyl (C=O) groups excluding carboxylic acids is 1. The molecule has 0 spiro atoms. The third-order valence-electron chi connectivity index (χ3n) is 5.00. The Kier molecular flexibility index (Phi) is 7.01. The van der Waals surface area contributed by atoms with Crippen LogP contribution in [0.15, 0.2) is 67.0 Å². The fourth-order valence-corrected chi connectivity index (χ4v) is 3.28. The van der Waals surface area contributed by atoms with E-state index in [2.05, 4.69) is 30.9 Å². The highest BCUT2D eigenvalue weighted by Gasteiger charge is 2.13. The molecule has 0 fully saturated rings. The van der Waals surface area contributed by atoms with Gasteiger partial charge in [0.2, 0.25) is 11.8 Å². The number of hydrogen-bond acceptors (Lipinski definition) is 7. The van der Waals surface area contributed by atoms with Gasteiger partial charge in [-0.15, -0.1) is 0 Å². The number of pyridine rings is 1. The van der Waals surface area contributed by atoms with Crippen molar-refractivity contribution in [2.24, 2.45) is 0 Å². The number of benzene rings is 2. The molecule has 9 nitrogen and oxygen atoms in total. The Morgan fingerprint density at radius 1 is 1.00 bits per heavy atom. The zero-order valence-corrected chi connectivity index (χ0v) is 19.3. The van der Waals surface area contributed by atoms with Gasteiger partial charge in [-0.2, -0.15) is 0 Å². The molecule has 2 aromatic carbocycles. The van der Waals surface area contributed by atoms with Crippen molar-refractivity contribution in [2.45, 2.75) is 6.92 Å². The molecule has 4 rings (SSSR count). The number of nitrogens with one attached hydrogen (secondary N) is 3. The normalized spacial score (nSPS) is 10.4. The minimum atomic E-state index is -0.569. The van der Waals surface area contributed by atoms with E-state index in [1.807, 2.05) is 13.0 Å². The van der Waals surface area contributed by atoms with Gasteiger partial charge in [0.1, 0.15) is 5.75 Å². The summed E-state index contributed by atoms with van der Waals surface area (Å²) in [5, 5.41) is 8.26. The number of ether oxygens (including phenoxy) is 2. The molecule has 0 bridgehead atoms. The molecule has 0 saturated heterocycles. The smallest absolute Gasteiger partial charge is 0.323 e. The lowest BCUT2D eigenvalue weighted by Crippen LogP contribution is -2.20. The summed E-state index contributed by atoms with van der Waals surface area (Å²) in [5.41, 5.74) is 2.99. The fraction of sp³-hybridized carbons (Fsp3) is 0.120. The molecule has 2 heterocycles. The van der Waals surface area contributed by atoms with Crippen LogP contribution in [0.5, 0.6) is 17.4 Å². The summed E-state index contributed by atoms with van der Waals surface area (Å²) in [5.74, 6) is 0.932. The first-order chi connectivity index (χ1) is 17.0. The predicted molar refractivity (Wildman–Crippen MR) is 132 cm³/mol. The lowest BCUT2D eigenvalue weighted by atomic mass is 10.2. The highest BCUT2D eigenvalue weighted by atomic mass is 19.1. The molecular formula is C25H23FN6O3. The summed E-state index contributed by atoms with van der Waals surface area (Å²) in [6.45, 7) is 1.83. The summed E-state index contributed by atoms with van der Waals surface area (Å²) in [7, 11) is 3.12. The molecule has 0 atom stereocenters. The van der Waals surface area contributed by atoms with Gasteiger partial charge in [0.15, 0.2) is 11.6 Å². The lowest BCUT2D eigenvalue weighted by Gasteiger charge is -2.13. The Labute approximate surface area is 201 Å². The summed E-state index contributed by atoms with van der Waals surface area (Å²) in [6.07, 6.45) is 3.29. The van der Waals surface area contributed by atoms with Crippen LogP contribution < -0.4 is 25.4 Å². The molecule has 2 amide bonds. The number of methoxy groups -OCH3 is 1. The van der Waals surface area contributed by atoms with Crippen molar-refractivity contribution in [3.63, 3.8) is 0 Å². The Hall–Kier alpha value is -4.73. The summed E-state index contributed by atoms with van der Waals surface area (Å²) < 4.78 is 24.8. The van der Waals surface area contributed by atoms with Gasteiger partial charge in [-0.1, -0.05) is 0 Å². The quantitative estimate of drug-likeness (QED) is 0.326. The zero-order chi connectivity index (χ0) is 24.8. The van der Waals surface area contributed by atoms with Gasteiger partial charge < -0.3 is 25.4 Å². The number of halogens is 1. The van der Waals surface area contributed by atoms with Crippen LogP contribution in [0.25, 0.3) is 11.3 Å². The Balaban J connectivity index is 1.47. The van der Waals surface area contributed by atoms with Crippen molar-refractivity contribution in [2.75, 3.05) is 30.1 Å². The van der Waals surface area contributed by atoms with Gasteiger partial charge in [0.05, 0.1) is 18.4 Å². The van der Waals surface area contributed by atoms with E-state index in [9.17, 15) is 9.18 Å². The number of rotatable bonds is 7. The molecule has 0 unspecified atom stereocenters. The summed E-state index contributed by atoms with van der Waals surface area (Å²) >= 11 is 0. The standard InChI is InChI=1S/C25H23FN6O3/c1-15-13-17(35-23-18(5-4-11-28-23)21-10-12-29-24(27-2)31-21)7-8-20(15)32-25(33)30-16-6-9-22(34-3)19(26)14-16/h4-14H,1-3H3,(H,27,29,31)(H2,30,32,33). The van der Waals surface area contributed by atoms with Crippen LogP contribution in [0, 0.1) is 12.7 Å². The number of anilines is 3. The zero-order valence-electron chi connectivity index (χ0n) is 19.3. The van der Waals surface area contributed by atoms with Gasteiger partial charge in [-0.3, -0.25) is 0 Å². The Morgan fingerprint density at radius 3 is 2.60 bits per heavy atom. The summed E-state index contributed by atoms with van der Waals surface area (Å²) in [4.78, 5) is 25.3. The number of carbonyl (C=O) groups is 1. The second-order valence-electron chi connectivity index (χ2n) is 7.38. The molecule has 0 aliphatic heterocycles. The third-order valence-corrected chi connectivity index (χ3v) is 5.00. The van der Waals surface area contributed by atoms with E-state index in [1.165, 1.54) is 19.2 Å². The molecule has 0 saturated carbocycles. The number of urea groups is 1. The maximum Gasteiger partial charge on any atom is 0.323 e. The van der Waals surface area contributed by atoms with Crippen molar-refractivity contribution < 1.29 is 18.7 Å². The first-order valence-corrected chi connectivity index (χ1v) is 10.6. The van der Waals surface area contributed by atoms with Gasteiger partial charge in [0, 0.05) is 36.9 Å². The van der Waals surface area contributed by atoms with Crippen LogP contribution in [0.2, 0.25) is 0 Å². The van der Waals surface area contributed by atoms with E-state index in [0.29, 0.717) is 40.2 Å². The van der Waals surface area contributed by atoms with Crippen LogP contribution in [-0.2, 0) is 0 Å². The SMILES string of the molecule is CNc1nccc(-c2cccnc2Oc2ccc(NC(=O)Nc3ccc(OC)c(F)c3)c(C)c2)n1. The monoisotopic (exact) mass is 474 g/mol. The van der Waals surface area contributed by atoms with Gasteiger partial charge in [-0.05, 0) is 61.0 Å². The van der Waals surface area contributed by atoms with Crippen LogP contribution in [0.4, 0.5) is 26.5 Å². The molecule has 10 heteroatoms. The van der Waals surface area contributed by atoms with Crippen molar-refractivity contribution in [3.8, 4) is 28.6 Å². The minimum absolute atomic E-state index is 0.0978. The Morgan fingerprint density at radius 2 is 1.86 bits per heavy atom. The molecule has 0 aliphatic carbocycles. The van der Waals surface area contributed by atoms with Gasteiger partial charge >= 0.3 is 6.03 Å². The molecule has 0 radical (unpaired) electrons. The molecule has 178 valence electrons. The first-order valence-electron chi connectivity index (χ1n) is 10.6. The second kappa shape index (κ2) is 10.5. The van der Waals surface area contributed by atoms with Gasteiger partial charge in [-0.25, -0.2) is 24.1 Å². The Bertz CT molecular complexity index is 1360. The molecule has 0 aliphatic rings. The van der Waals surface area contributed by atoms with E-state index >= 15 is 0 Å². The highest BCUT2D eigenvalue weighted by molar-refractivity contribution is 6.00. The number of aryl methyl sites for hydroxylation is 1. The van der Waals surface area contributed by atoms with Crippen molar-refractivity contribution in [3.05, 3.63) is 78.4 Å². The average molecular weight is 474 g/mol. The fourth-order valence-electron chi connectivity index (χ4n) is 3.28. The van der Waals surface area contributed by atoms with Crippen LogP contribution in [0.1, 0.15) is 5.56 Å². The number of hydrogen-bond donors (Lipinski definition) is 3. The average Bonchev–Trinajstić information content (AvgIpc) is 2.86. The summed E-state index contributed by atoms with van der Waals surface area (Å²) in [6, 6.07) is 14.3. The minimum Gasteiger partial charge on any atom is -0.494 e. The van der Waals surface area contributed by atoms with E-state index in [4.69, 9.17) is 9.47 Å². The molecule has 4 aromatic rings. The van der Waals surface area contributed by atoms with E-state index < -0.39 is 11.8 Å². The van der Waals surface area contributed by atoms with Crippen LogP contribution in [-0.4, -0.2) is 35.1 Å². The van der Waals surface area contributed by atoms with Crippen molar-refractivity contribution >= 4 is 23.4 Å². The van der Waals surface area contributed by atoms with Gasteiger partial charge in [0.25, 0.3) is 0 Å². The number of amides is 2. The predicted octanol–water partition coefficient (Wildman–Crippen LogP) is 5.47. The van der Waals surface area contributed by atoms with E-state index in [0.717, 1.165) is 5.56 Å². The second-order valence-corrected chi connectivity index (χ2v) is 7.38. The molecule has 3 N–H and O–H groups in total. The molecule has 2 aromatic heterocycles. The maximum atomic E-state index is 13.9.